The number of rotatable bonds is 15. The Bertz CT molecular complexity index is 1240. The second-order valence-corrected chi connectivity index (χ2v) is 15.9. The van der Waals surface area contributed by atoms with Gasteiger partial charge in [0, 0.05) is 42.6 Å². The largest absolute Gasteiger partial charge is 0.448 e. The van der Waals surface area contributed by atoms with Crippen LogP contribution in [0.25, 0.3) is 0 Å². The number of hydrogen-bond donors (Lipinski definition) is 3. The van der Waals surface area contributed by atoms with Crippen molar-refractivity contribution in [2.75, 3.05) is 37.9 Å². The molecule has 0 bridgehead atoms. The Morgan fingerprint density at radius 1 is 1.15 bits per heavy atom. The monoisotopic (exact) mass is 611 g/mol. The zero-order valence-corrected chi connectivity index (χ0v) is 25.6. The summed E-state index contributed by atoms with van der Waals surface area (Å²) in [6.07, 6.45) is 5.78. The van der Waals surface area contributed by atoms with E-state index in [1.54, 1.807) is 19.9 Å². The zero-order valence-electron chi connectivity index (χ0n) is 23.9. The first-order chi connectivity index (χ1) is 19.3. The van der Waals surface area contributed by atoms with Gasteiger partial charge in [0.05, 0.1) is 4.75 Å². The summed E-state index contributed by atoms with van der Waals surface area (Å²) in [6.45, 7) is 4.34. The molecule has 14 heteroatoms. The molecule has 2 aliphatic heterocycles. The van der Waals surface area contributed by atoms with E-state index < -0.39 is 44.2 Å². The molecule has 12 nitrogen and oxygen atoms in total. The average Bonchev–Trinajstić information content (AvgIpc) is 3.22. The topological polar surface area (TPSA) is 168 Å². The van der Waals surface area contributed by atoms with E-state index in [9.17, 15) is 27.6 Å². The Kier molecular flexibility index (Phi) is 11.4. The SMILES string of the molecule is CC(C)(COC(=O)NCN1C(=O)CCC(N2Cc3c(NCCCCCCCN)cccc3C2=O)C1=O)SS(C)(=O)=O. The molecule has 1 atom stereocenters. The lowest BCUT2D eigenvalue weighted by Gasteiger charge is -2.35. The molecule has 1 saturated heterocycles. The minimum atomic E-state index is -3.36. The normalized spacial score (nSPS) is 17.6. The molecule has 0 radical (unpaired) electrons. The van der Waals surface area contributed by atoms with Gasteiger partial charge in [-0.1, -0.05) is 25.3 Å². The number of amides is 4. The molecule has 3 rings (SSSR count). The zero-order chi connectivity index (χ0) is 30.2. The molecule has 1 aromatic rings. The van der Waals surface area contributed by atoms with Gasteiger partial charge in [0.25, 0.3) is 11.8 Å². The Morgan fingerprint density at radius 2 is 1.85 bits per heavy atom. The lowest BCUT2D eigenvalue weighted by atomic mass is 10.0. The molecule has 0 saturated carbocycles. The molecule has 1 fully saturated rings. The maximum atomic E-state index is 13.3. The van der Waals surface area contributed by atoms with Crippen LogP contribution in [-0.2, 0) is 29.7 Å². The van der Waals surface area contributed by atoms with Crippen LogP contribution < -0.4 is 16.4 Å². The first-order valence-corrected chi connectivity index (χ1v) is 17.1. The Hall–Kier alpha value is -2.84. The molecule has 4 N–H and O–H groups in total. The quantitative estimate of drug-likeness (QED) is 0.152. The van der Waals surface area contributed by atoms with Gasteiger partial charge in [-0.2, -0.15) is 0 Å². The van der Waals surface area contributed by atoms with E-state index >= 15 is 0 Å². The van der Waals surface area contributed by atoms with Crippen LogP contribution in [0.5, 0.6) is 0 Å². The number of benzene rings is 1. The highest BCUT2D eigenvalue weighted by atomic mass is 33.1. The van der Waals surface area contributed by atoms with Crippen LogP contribution >= 0.6 is 10.8 Å². The molecule has 2 heterocycles. The van der Waals surface area contributed by atoms with Crippen molar-refractivity contribution in [3.05, 3.63) is 29.3 Å². The summed E-state index contributed by atoms with van der Waals surface area (Å²) in [5.74, 6) is -1.30. The third-order valence-corrected chi connectivity index (χ3v) is 10.00. The van der Waals surface area contributed by atoms with Crippen molar-refractivity contribution in [2.24, 2.45) is 5.73 Å². The van der Waals surface area contributed by atoms with Gasteiger partial charge in [-0.25, -0.2) is 13.2 Å². The van der Waals surface area contributed by atoms with E-state index in [4.69, 9.17) is 10.5 Å². The van der Waals surface area contributed by atoms with Gasteiger partial charge in [-0.15, -0.1) is 0 Å². The molecule has 4 amide bonds. The van der Waals surface area contributed by atoms with Gasteiger partial charge in [-0.05, 0) is 62.6 Å². The van der Waals surface area contributed by atoms with Gasteiger partial charge in [0.2, 0.25) is 5.91 Å². The summed E-state index contributed by atoms with van der Waals surface area (Å²) in [6, 6.07) is 4.64. The summed E-state index contributed by atoms with van der Waals surface area (Å²) in [4.78, 5) is 53.9. The number of anilines is 1. The lowest BCUT2D eigenvalue weighted by Crippen LogP contribution is -2.57. The van der Waals surface area contributed by atoms with Crippen molar-refractivity contribution in [1.29, 1.82) is 0 Å². The molecule has 228 valence electrons. The summed E-state index contributed by atoms with van der Waals surface area (Å²) >= 11 is 0. The number of nitrogens with one attached hydrogen (secondary N) is 2. The fourth-order valence-corrected chi connectivity index (χ4v) is 8.47. The van der Waals surface area contributed by atoms with Crippen LogP contribution in [0.4, 0.5) is 10.5 Å². The fraction of sp³-hybridized carbons (Fsp3) is 0.630. The maximum Gasteiger partial charge on any atom is 0.408 e. The predicted molar refractivity (Wildman–Crippen MR) is 158 cm³/mol. The molecule has 41 heavy (non-hydrogen) atoms. The average molecular weight is 612 g/mol. The number of unbranched alkanes of at least 4 members (excludes halogenated alkanes) is 4. The number of hydrogen-bond acceptors (Lipinski definition) is 10. The smallest absolute Gasteiger partial charge is 0.408 e. The number of nitrogens with two attached hydrogens (primary N) is 1. The number of piperidine rings is 1. The van der Waals surface area contributed by atoms with Crippen molar-refractivity contribution in [3.8, 4) is 0 Å². The third kappa shape index (κ3) is 9.33. The van der Waals surface area contributed by atoms with Crippen molar-refractivity contribution in [3.63, 3.8) is 0 Å². The summed E-state index contributed by atoms with van der Waals surface area (Å²) in [5, 5.41) is 5.81. The number of carbonyl (C=O) groups is 4. The van der Waals surface area contributed by atoms with Gasteiger partial charge < -0.3 is 26.0 Å². The number of ether oxygens (including phenoxy) is 1. The minimum absolute atomic E-state index is 0.0422. The molecular formula is C27H41N5O7S2. The second kappa shape index (κ2) is 14.4. The molecule has 2 aliphatic rings. The Balaban J connectivity index is 1.56. The van der Waals surface area contributed by atoms with Gasteiger partial charge >= 0.3 is 6.09 Å². The van der Waals surface area contributed by atoms with Crippen molar-refractivity contribution < 1.29 is 32.3 Å². The Labute approximate surface area is 245 Å². The first kappa shape index (κ1) is 32.7. The van der Waals surface area contributed by atoms with Crippen molar-refractivity contribution in [2.45, 2.75) is 76.1 Å². The summed E-state index contributed by atoms with van der Waals surface area (Å²) in [7, 11) is -2.69. The van der Waals surface area contributed by atoms with E-state index in [0.717, 1.165) is 61.1 Å². The molecule has 0 spiro atoms. The van der Waals surface area contributed by atoms with E-state index in [1.165, 1.54) is 4.90 Å². The van der Waals surface area contributed by atoms with E-state index in [1.807, 2.05) is 12.1 Å². The number of alkyl carbamates (subject to hydrolysis) is 1. The van der Waals surface area contributed by atoms with Crippen LogP contribution in [0.2, 0.25) is 0 Å². The lowest BCUT2D eigenvalue weighted by molar-refractivity contribution is -0.152. The second-order valence-electron chi connectivity index (χ2n) is 10.9. The van der Waals surface area contributed by atoms with Crippen LogP contribution in [0.15, 0.2) is 18.2 Å². The van der Waals surface area contributed by atoms with Crippen molar-refractivity contribution in [1.82, 2.24) is 15.1 Å². The van der Waals surface area contributed by atoms with E-state index in [-0.39, 0.29) is 31.9 Å². The minimum Gasteiger partial charge on any atom is -0.448 e. The standard InChI is InChI=1S/C27H41N5O7S2/c1-27(2,40-41(3,37)38)17-39-26(36)30-18-32-23(33)13-12-22(25(32)35)31-16-20-19(24(31)34)10-9-11-21(20)29-15-8-6-4-5-7-14-28/h9-11,22,29H,4-8,12-18,28H2,1-3H3,(H,30,36). The van der Waals surface area contributed by atoms with Crippen LogP contribution in [-0.4, -0.2) is 85.4 Å². The fourth-order valence-electron chi connectivity index (χ4n) is 4.94. The highest BCUT2D eigenvalue weighted by Crippen LogP contribution is 2.33. The molecule has 1 unspecified atom stereocenters. The molecular weight excluding hydrogens is 570 g/mol. The number of carbonyl (C=O) groups excluding carboxylic acids is 4. The van der Waals surface area contributed by atoms with Crippen LogP contribution in [0.3, 0.4) is 0 Å². The highest BCUT2D eigenvalue weighted by molar-refractivity contribution is 8.72. The maximum absolute atomic E-state index is 13.3. The molecule has 1 aromatic carbocycles. The number of imide groups is 1. The predicted octanol–water partition coefficient (Wildman–Crippen LogP) is 2.64. The van der Waals surface area contributed by atoms with Gasteiger partial charge in [0.15, 0.2) is 8.87 Å². The number of fused-ring (bicyclic) bond motifs is 1. The molecule has 0 aliphatic carbocycles. The summed E-state index contributed by atoms with van der Waals surface area (Å²) in [5.41, 5.74) is 7.76. The highest BCUT2D eigenvalue weighted by Gasteiger charge is 2.43. The number of nitrogens with zero attached hydrogens (tertiary/aromatic N) is 2. The Morgan fingerprint density at radius 3 is 2.56 bits per heavy atom. The van der Waals surface area contributed by atoms with E-state index in [0.29, 0.717) is 22.9 Å². The van der Waals surface area contributed by atoms with Crippen LogP contribution in [0, 0.1) is 0 Å². The summed E-state index contributed by atoms with van der Waals surface area (Å²) < 4.78 is 27.3. The van der Waals surface area contributed by atoms with Crippen LogP contribution in [0.1, 0.15) is 74.7 Å². The van der Waals surface area contributed by atoms with Crippen molar-refractivity contribution >= 4 is 49.2 Å². The third-order valence-electron chi connectivity index (χ3n) is 6.86. The molecule has 0 aromatic heterocycles. The first-order valence-electron chi connectivity index (χ1n) is 13.9. The van der Waals surface area contributed by atoms with Gasteiger partial charge in [-0.3, -0.25) is 19.3 Å². The number of likely N-dealkylation sites (tertiary alicyclic amines) is 1. The van der Waals surface area contributed by atoms with E-state index in [2.05, 4.69) is 10.6 Å². The van der Waals surface area contributed by atoms with Gasteiger partial charge in [0.1, 0.15) is 19.3 Å².